The standard InChI is InChI=1S/C18H16N4O2/c19-11-1-5-13(6-2-11)21-16-9-15(23)10-17(18(16)24)22-14-7-3-12(20)4-8-14/h1-10,21-22H,19-20H2. The third-order valence-electron chi connectivity index (χ3n) is 3.44. The summed E-state index contributed by atoms with van der Waals surface area (Å²) in [5, 5.41) is 5.89. The first-order valence-electron chi connectivity index (χ1n) is 7.28. The first-order chi connectivity index (χ1) is 11.5. The maximum atomic E-state index is 12.6. The van der Waals surface area contributed by atoms with Crippen molar-refractivity contribution in [2.45, 2.75) is 0 Å². The van der Waals surface area contributed by atoms with Crippen molar-refractivity contribution in [1.29, 1.82) is 0 Å². The molecule has 0 saturated heterocycles. The number of carbonyl (C=O) groups excluding carboxylic acids is 2. The molecule has 0 unspecified atom stereocenters. The molecule has 0 bridgehead atoms. The summed E-state index contributed by atoms with van der Waals surface area (Å²) in [6.45, 7) is 0. The van der Waals surface area contributed by atoms with Crippen LogP contribution in [0.5, 0.6) is 0 Å². The minimum atomic E-state index is -0.303. The van der Waals surface area contributed by atoms with E-state index in [1.807, 2.05) is 0 Å². The summed E-state index contributed by atoms with van der Waals surface area (Å²) < 4.78 is 0. The molecule has 0 radical (unpaired) electrons. The normalized spacial score (nSPS) is 14.0. The zero-order valence-electron chi connectivity index (χ0n) is 12.7. The second kappa shape index (κ2) is 6.29. The third kappa shape index (κ3) is 3.44. The minimum Gasteiger partial charge on any atom is -0.399 e. The van der Waals surface area contributed by atoms with E-state index in [0.29, 0.717) is 22.7 Å². The molecule has 0 heterocycles. The lowest BCUT2D eigenvalue weighted by atomic mass is 10.1. The number of Topliss-reactive ketones (excluding diaryl/α,β-unsaturated/α-hetero) is 1. The van der Waals surface area contributed by atoms with Gasteiger partial charge < -0.3 is 22.1 Å². The van der Waals surface area contributed by atoms with Crippen LogP contribution in [0.15, 0.2) is 72.1 Å². The lowest BCUT2D eigenvalue weighted by Crippen LogP contribution is -2.23. The van der Waals surface area contributed by atoms with Gasteiger partial charge in [-0.15, -0.1) is 0 Å². The smallest absolute Gasteiger partial charge is 0.225 e. The Balaban J connectivity index is 1.78. The van der Waals surface area contributed by atoms with Gasteiger partial charge in [0.15, 0.2) is 5.78 Å². The molecule has 0 aromatic heterocycles. The summed E-state index contributed by atoms with van der Waals surface area (Å²) in [5.41, 5.74) is 14.2. The zero-order chi connectivity index (χ0) is 17.1. The summed E-state index contributed by atoms with van der Waals surface area (Å²) >= 11 is 0. The Morgan fingerprint density at radius 3 is 1.38 bits per heavy atom. The Morgan fingerprint density at radius 2 is 1.00 bits per heavy atom. The molecule has 6 nitrogen and oxygen atoms in total. The van der Waals surface area contributed by atoms with E-state index >= 15 is 0 Å². The van der Waals surface area contributed by atoms with Gasteiger partial charge in [-0.25, -0.2) is 0 Å². The second-order valence-electron chi connectivity index (χ2n) is 5.34. The number of rotatable bonds is 4. The highest BCUT2D eigenvalue weighted by Crippen LogP contribution is 2.20. The number of anilines is 4. The molecular formula is C18H16N4O2. The van der Waals surface area contributed by atoms with E-state index in [0.717, 1.165) is 0 Å². The number of hydrogen-bond acceptors (Lipinski definition) is 6. The van der Waals surface area contributed by atoms with Gasteiger partial charge in [0, 0.05) is 34.9 Å². The van der Waals surface area contributed by atoms with Gasteiger partial charge in [-0.1, -0.05) is 0 Å². The summed E-state index contributed by atoms with van der Waals surface area (Å²) in [4.78, 5) is 24.4. The topological polar surface area (TPSA) is 110 Å². The van der Waals surface area contributed by atoms with Gasteiger partial charge in [-0.05, 0) is 48.5 Å². The Labute approximate surface area is 138 Å². The Bertz CT molecular complexity index is 780. The number of benzene rings is 2. The lowest BCUT2D eigenvalue weighted by Gasteiger charge is -2.17. The van der Waals surface area contributed by atoms with Crippen LogP contribution in [-0.2, 0) is 9.59 Å². The van der Waals surface area contributed by atoms with E-state index in [1.165, 1.54) is 12.2 Å². The van der Waals surface area contributed by atoms with Gasteiger partial charge in [0.1, 0.15) is 0 Å². The van der Waals surface area contributed by atoms with E-state index in [9.17, 15) is 9.59 Å². The number of carbonyl (C=O) groups is 2. The van der Waals surface area contributed by atoms with Gasteiger partial charge in [0.2, 0.25) is 5.78 Å². The monoisotopic (exact) mass is 320 g/mol. The first-order valence-corrected chi connectivity index (χ1v) is 7.28. The molecule has 0 amide bonds. The Morgan fingerprint density at radius 1 is 0.625 bits per heavy atom. The second-order valence-corrected chi connectivity index (χ2v) is 5.34. The maximum absolute atomic E-state index is 12.6. The van der Waals surface area contributed by atoms with Crippen LogP contribution < -0.4 is 22.1 Å². The molecule has 0 aliphatic heterocycles. The van der Waals surface area contributed by atoms with Crippen molar-refractivity contribution in [2.75, 3.05) is 22.1 Å². The van der Waals surface area contributed by atoms with Crippen LogP contribution in [0.25, 0.3) is 0 Å². The Hall–Kier alpha value is -3.54. The van der Waals surface area contributed by atoms with Crippen LogP contribution in [0.1, 0.15) is 0 Å². The van der Waals surface area contributed by atoms with Crippen molar-refractivity contribution < 1.29 is 9.59 Å². The molecule has 0 fully saturated rings. The number of ketones is 2. The molecule has 1 aliphatic carbocycles. The summed E-state index contributed by atoms with van der Waals surface area (Å²) in [7, 11) is 0. The van der Waals surface area contributed by atoms with E-state index in [4.69, 9.17) is 11.5 Å². The Kier molecular flexibility index (Phi) is 4.03. The van der Waals surface area contributed by atoms with E-state index < -0.39 is 0 Å². The lowest BCUT2D eigenvalue weighted by molar-refractivity contribution is -0.115. The highest BCUT2D eigenvalue weighted by Gasteiger charge is 2.22. The van der Waals surface area contributed by atoms with Crippen LogP contribution >= 0.6 is 0 Å². The molecule has 120 valence electrons. The molecule has 3 rings (SSSR count). The molecule has 0 atom stereocenters. The van der Waals surface area contributed by atoms with Crippen LogP contribution in [0.4, 0.5) is 22.7 Å². The number of hydrogen-bond donors (Lipinski definition) is 4. The fourth-order valence-corrected chi connectivity index (χ4v) is 2.23. The van der Waals surface area contributed by atoms with Crippen molar-refractivity contribution in [1.82, 2.24) is 0 Å². The molecule has 2 aromatic carbocycles. The third-order valence-corrected chi connectivity index (χ3v) is 3.44. The predicted octanol–water partition coefficient (Wildman–Crippen LogP) is 2.29. The van der Waals surface area contributed by atoms with Gasteiger partial charge in [0.05, 0.1) is 11.4 Å². The summed E-state index contributed by atoms with van der Waals surface area (Å²) in [5.74, 6) is -0.575. The first kappa shape index (κ1) is 15.4. The quantitative estimate of drug-likeness (QED) is 0.508. The van der Waals surface area contributed by atoms with Crippen molar-refractivity contribution in [3.63, 3.8) is 0 Å². The number of nitrogen functional groups attached to an aromatic ring is 2. The zero-order valence-corrected chi connectivity index (χ0v) is 12.7. The molecule has 24 heavy (non-hydrogen) atoms. The van der Waals surface area contributed by atoms with E-state index in [2.05, 4.69) is 10.6 Å². The molecule has 6 N–H and O–H groups in total. The highest BCUT2D eigenvalue weighted by molar-refractivity contribution is 6.22. The molecule has 0 spiro atoms. The minimum absolute atomic E-state index is 0.199. The van der Waals surface area contributed by atoms with Crippen molar-refractivity contribution in [2.24, 2.45) is 0 Å². The SMILES string of the molecule is Nc1ccc(NC2=CC(=O)C=C(Nc3ccc(N)cc3)C2=O)cc1. The van der Waals surface area contributed by atoms with Crippen LogP contribution in [0.2, 0.25) is 0 Å². The molecule has 0 saturated carbocycles. The number of nitrogens with one attached hydrogen (secondary N) is 2. The van der Waals surface area contributed by atoms with Gasteiger partial charge in [-0.2, -0.15) is 0 Å². The predicted molar refractivity (Wildman–Crippen MR) is 95.1 cm³/mol. The maximum Gasteiger partial charge on any atom is 0.225 e. The van der Waals surface area contributed by atoms with Crippen LogP contribution in [0.3, 0.4) is 0 Å². The van der Waals surface area contributed by atoms with Crippen LogP contribution in [-0.4, -0.2) is 11.6 Å². The fraction of sp³-hybridized carbons (Fsp3) is 0. The average molecular weight is 320 g/mol. The van der Waals surface area contributed by atoms with Gasteiger partial charge in [-0.3, -0.25) is 9.59 Å². The number of allylic oxidation sites excluding steroid dienone is 2. The summed E-state index contributed by atoms with van der Waals surface area (Å²) in [6.07, 6.45) is 2.54. The van der Waals surface area contributed by atoms with Crippen molar-refractivity contribution in [3.8, 4) is 0 Å². The highest BCUT2D eigenvalue weighted by atomic mass is 16.1. The molecular weight excluding hydrogens is 304 g/mol. The van der Waals surface area contributed by atoms with Gasteiger partial charge >= 0.3 is 0 Å². The van der Waals surface area contributed by atoms with E-state index in [-0.39, 0.29) is 23.0 Å². The molecule has 6 heteroatoms. The summed E-state index contributed by atoms with van der Waals surface area (Å²) in [6, 6.07) is 13.8. The van der Waals surface area contributed by atoms with Crippen molar-refractivity contribution >= 4 is 34.3 Å². The van der Waals surface area contributed by atoms with Crippen molar-refractivity contribution in [3.05, 3.63) is 72.1 Å². The van der Waals surface area contributed by atoms with Gasteiger partial charge in [0.25, 0.3) is 0 Å². The molecule has 1 aliphatic rings. The van der Waals surface area contributed by atoms with Crippen LogP contribution in [0, 0.1) is 0 Å². The largest absolute Gasteiger partial charge is 0.399 e. The van der Waals surface area contributed by atoms with E-state index in [1.54, 1.807) is 48.5 Å². The number of nitrogens with two attached hydrogens (primary N) is 2. The average Bonchev–Trinajstić information content (AvgIpc) is 2.56. The fourth-order valence-electron chi connectivity index (χ4n) is 2.23. The molecule has 2 aromatic rings.